The molecule has 0 aliphatic rings. The van der Waals surface area contributed by atoms with Gasteiger partial charge in [0.1, 0.15) is 11.5 Å². The van der Waals surface area contributed by atoms with Crippen molar-refractivity contribution in [2.45, 2.75) is 32.5 Å². The van der Waals surface area contributed by atoms with Crippen LogP contribution in [0.2, 0.25) is 19.6 Å². The van der Waals surface area contributed by atoms with Gasteiger partial charge < -0.3 is 9.16 Å². The molecular weight excluding hydrogens is 292 g/mol. The number of hydrogen-bond acceptors (Lipinski definition) is 3. The minimum atomic E-state index is -1.87. The number of rotatable bonds is 5. The Balaban J connectivity index is 2.12. The molecule has 0 aliphatic carbocycles. The molecule has 1 atom stereocenters. The van der Waals surface area contributed by atoms with E-state index in [9.17, 15) is 4.79 Å². The van der Waals surface area contributed by atoms with Crippen molar-refractivity contribution in [3.63, 3.8) is 0 Å². The Morgan fingerprint density at radius 3 is 2.23 bits per heavy atom. The van der Waals surface area contributed by atoms with E-state index in [1.807, 2.05) is 81.2 Å². The van der Waals surface area contributed by atoms with E-state index in [0.717, 1.165) is 17.1 Å². The van der Waals surface area contributed by atoms with Crippen LogP contribution in [-0.4, -0.2) is 14.3 Å². The lowest BCUT2D eigenvalue weighted by molar-refractivity contribution is -0.136. The van der Waals surface area contributed by atoms with Crippen LogP contribution in [0.15, 0.2) is 54.6 Å². The molecule has 22 heavy (non-hydrogen) atoms. The van der Waals surface area contributed by atoms with Gasteiger partial charge in [0, 0.05) is 0 Å². The van der Waals surface area contributed by atoms with Crippen LogP contribution in [0.25, 0.3) is 0 Å². The third-order valence-corrected chi connectivity index (χ3v) is 3.91. The quantitative estimate of drug-likeness (QED) is 0.732. The molecule has 2 rings (SSSR count). The van der Waals surface area contributed by atoms with E-state index in [-0.39, 0.29) is 11.9 Å². The van der Waals surface area contributed by atoms with Crippen LogP contribution in [0.3, 0.4) is 0 Å². The third kappa shape index (κ3) is 4.74. The molecule has 0 aromatic heterocycles. The summed E-state index contributed by atoms with van der Waals surface area (Å²) >= 11 is 0. The molecule has 2 aromatic carbocycles. The van der Waals surface area contributed by atoms with E-state index in [0.29, 0.717) is 0 Å². The number of hydrogen-bond donors (Lipinski definition) is 0. The summed E-state index contributed by atoms with van der Waals surface area (Å²) in [6.07, 6.45) is 0. The molecular formula is C18H22O3Si. The van der Waals surface area contributed by atoms with Gasteiger partial charge in [-0.15, -0.1) is 0 Å². The van der Waals surface area contributed by atoms with Crippen LogP contribution in [0.4, 0.5) is 0 Å². The molecule has 116 valence electrons. The summed E-state index contributed by atoms with van der Waals surface area (Å²) in [5, 5.41) is 0. The van der Waals surface area contributed by atoms with E-state index in [1.54, 1.807) is 0 Å². The van der Waals surface area contributed by atoms with Gasteiger partial charge in [0.2, 0.25) is 8.32 Å². The van der Waals surface area contributed by atoms with Crippen molar-refractivity contribution in [1.29, 1.82) is 0 Å². The molecule has 0 bridgehead atoms. The molecule has 3 nitrogen and oxygen atoms in total. The standard InChI is InChI=1S/C18H22O3Si/c1-14(18(19)21-22(2,3)4)15-9-8-12-17(13-15)20-16-10-6-5-7-11-16/h5-14H,1-4H3/t14-/m0/s1. The highest BCUT2D eigenvalue weighted by atomic mass is 28.4. The Bertz CT molecular complexity index is 632. The predicted molar refractivity (Wildman–Crippen MR) is 90.8 cm³/mol. The highest BCUT2D eigenvalue weighted by Crippen LogP contribution is 2.26. The minimum absolute atomic E-state index is 0.170. The summed E-state index contributed by atoms with van der Waals surface area (Å²) in [4.78, 5) is 12.2. The van der Waals surface area contributed by atoms with Crippen molar-refractivity contribution in [2.75, 3.05) is 0 Å². The summed E-state index contributed by atoms with van der Waals surface area (Å²) in [5.41, 5.74) is 0.900. The zero-order valence-corrected chi connectivity index (χ0v) is 14.5. The minimum Gasteiger partial charge on any atom is -0.519 e. The zero-order valence-electron chi connectivity index (χ0n) is 13.5. The van der Waals surface area contributed by atoms with E-state index in [1.165, 1.54) is 0 Å². The average molecular weight is 314 g/mol. The number of carbonyl (C=O) groups excluding carboxylic acids is 1. The Morgan fingerprint density at radius 2 is 1.59 bits per heavy atom. The van der Waals surface area contributed by atoms with Crippen LogP contribution in [0.1, 0.15) is 18.4 Å². The molecule has 0 fully saturated rings. The van der Waals surface area contributed by atoms with Gasteiger partial charge in [-0.1, -0.05) is 30.3 Å². The zero-order chi connectivity index (χ0) is 16.2. The number of carbonyl (C=O) groups is 1. The summed E-state index contributed by atoms with van der Waals surface area (Å²) in [7, 11) is -1.87. The van der Waals surface area contributed by atoms with Crippen molar-refractivity contribution >= 4 is 14.3 Å². The molecule has 2 aromatic rings. The van der Waals surface area contributed by atoms with E-state index in [4.69, 9.17) is 9.16 Å². The van der Waals surface area contributed by atoms with Gasteiger partial charge in [-0.2, -0.15) is 0 Å². The molecule has 0 unspecified atom stereocenters. The Hall–Kier alpha value is -2.07. The lowest BCUT2D eigenvalue weighted by Crippen LogP contribution is -2.31. The fraction of sp³-hybridized carbons (Fsp3) is 0.278. The van der Waals surface area contributed by atoms with Crippen molar-refractivity contribution in [3.05, 3.63) is 60.2 Å². The Morgan fingerprint density at radius 1 is 0.955 bits per heavy atom. The third-order valence-electron chi connectivity index (χ3n) is 3.10. The Kier molecular flexibility index (Phi) is 5.03. The molecule has 4 heteroatoms. The fourth-order valence-electron chi connectivity index (χ4n) is 2.00. The van der Waals surface area contributed by atoms with E-state index >= 15 is 0 Å². The lowest BCUT2D eigenvalue weighted by atomic mass is 10.0. The molecule has 0 radical (unpaired) electrons. The van der Waals surface area contributed by atoms with Crippen molar-refractivity contribution < 1.29 is 14.0 Å². The number of benzene rings is 2. The molecule has 0 amide bonds. The maximum Gasteiger partial charge on any atom is 0.299 e. The number of para-hydroxylation sites is 1. The fourth-order valence-corrected chi connectivity index (χ4v) is 2.78. The largest absolute Gasteiger partial charge is 0.519 e. The van der Waals surface area contributed by atoms with Crippen LogP contribution < -0.4 is 4.74 Å². The van der Waals surface area contributed by atoms with Crippen LogP contribution in [-0.2, 0) is 9.22 Å². The maximum atomic E-state index is 12.2. The topological polar surface area (TPSA) is 35.5 Å². The second-order valence-electron chi connectivity index (χ2n) is 6.24. The molecule has 0 N–H and O–H groups in total. The summed E-state index contributed by atoms with van der Waals surface area (Å²) < 4.78 is 11.4. The van der Waals surface area contributed by atoms with Gasteiger partial charge in [0.25, 0.3) is 5.97 Å². The normalized spacial score (nSPS) is 12.5. The summed E-state index contributed by atoms with van der Waals surface area (Å²) in [5.74, 6) is 1.02. The first-order chi connectivity index (χ1) is 10.3. The highest BCUT2D eigenvalue weighted by molar-refractivity contribution is 6.71. The molecule has 0 saturated heterocycles. The van der Waals surface area contributed by atoms with Crippen molar-refractivity contribution in [1.82, 2.24) is 0 Å². The second kappa shape index (κ2) is 6.79. The molecule has 0 heterocycles. The number of ether oxygens (including phenoxy) is 1. The summed E-state index contributed by atoms with van der Waals surface area (Å²) in [6, 6.07) is 17.2. The summed E-state index contributed by atoms with van der Waals surface area (Å²) in [6.45, 7) is 7.88. The monoisotopic (exact) mass is 314 g/mol. The van der Waals surface area contributed by atoms with Gasteiger partial charge >= 0.3 is 0 Å². The molecule has 0 saturated carbocycles. The lowest BCUT2D eigenvalue weighted by Gasteiger charge is -2.21. The molecule has 0 aliphatic heterocycles. The van der Waals surface area contributed by atoms with Crippen LogP contribution in [0.5, 0.6) is 11.5 Å². The molecule has 0 spiro atoms. The SMILES string of the molecule is C[C@H](C(=O)O[Si](C)(C)C)c1cccc(Oc2ccccc2)c1. The Labute approximate surface area is 133 Å². The first kappa shape index (κ1) is 16.3. The first-order valence-corrected chi connectivity index (χ1v) is 10.8. The highest BCUT2D eigenvalue weighted by Gasteiger charge is 2.25. The average Bonchev–Trinajstić information content (AvgIpc) is 2.46. The van der Waals surface area contributed by atoms with E-state index < -0.39 is 8.32 Å². The first-order valence-electron chi connectivity index (χ1n) is 7.41. The van der Waals surface area contributed by atoms with Gasteiger partial charge in [0.05, 0.1) is 5.92 Å². The van der Waals surface area contributed by atoms with Crippen molar-refractivity contribution in [2.24, 2.45) is 0 Å². The van der Waals surface area contributed by atoms with Crippen LogP contribution in [0, 0.1) is 0 Å². The smallest absolute Gasteiger partial charge is 0.299 e. The van der Waals surface area contributed by atoms with Gasteiger partial charge in [-0.25, -0.2) is 0 Å². The van der Waals surface area contributed by atoms with Crippen LogP contribution >= 0.6 is 0 Å². The van der Waals surface area contributed by atoms with Gasteiger partial charge in [-0.05, 0) is 56.4 Å². The second-order valence-corrected chi connectivity index (χ2v) is 10.7. The van der Waals surface area contributed by atoms with Crippen molar-refractivity contribution in [3.8, 4) is 11.5 Å². The van der Waals surface area contributed by atoms with Gasteiger partial charge in [0.15, 0.2) is 0 Å². The van der Waals surface area contributed by atoms with Gasteiger partial charge in [-0.3, -0.25) is 4.79 Å². The predicted octanol–water partition coefficient (Wildman–Crippen LogP) is 4.96. The maximum absolute atomic E-state index is 12.2. The van der Waals surface area contributed by atoms with E-state index in [2.05, 4.69) is 0 Å².